The fourth-order valence-corrected chi connectivity index (χ4v) is 2.63. The van der Waals surface area contributed by atoms with Crippen LogP contribution in [0.4, 0.5) is 11.5 Å². The van der Waals surface area contributed by atoms with Crippen LogP contribution in [0.2, 0.25) is 10.0 Å². The van der Waals surface area contributed by atoms with Gasteiger partial charge in [0.2, 0.25) is 0 Å². The second-order valence-electron chi connectivity index (χ2n) is 5.65. The van der Waals surface area contributed by atoms with E-state index in [4.69, 9.17) is 28.5 Å². The number of benzene rings is 2. The first-order valence-electron chi connectivity index (χ1n) is 8.00. The number of carbonyl (C=O) groups excluding carboxylic acids is 2. The van der Waals surface area contributed by atoms with Gasteiger partial charge in [0.25, 0.3) is 11.8 Å². The van der Waals surface area contributed by atoms with Crippen LogP contribution >= 0.6 is 23.2 Å². The van der Waals surface area contributed by atoms with Gasteiger partial charge in [-0.3, -0.25) is 9.59 Å². The van der Waals surface area contributed by atoms with E-state index in [1.165, 1.54) is 42.6 Å². The van der Waals surface area contributed by atoms with Crippen molar-refractivity contribution in [1.29, 1.82) is 5.26 Å². The molecular weight excluding hydrogens is 399 g/mol. The van der Waals surface area contributed by atoms with E-state index in [0.717, 1.165) is 0 Å². The van der Waals surface area contributed by atoms with Gasteiger partial charge in [-0.2, -0.15) is 5.26 Å². The Kier molecular flexibility index (Phi) is 5.90. The normalized spacial score (nSPS) is 10.0. The van der Waals surface area contributed by atoms with Crippen molar-refractivity contribution in [2.45, 2.75) is 0 Å². The number of rotatable bonds is 4. The SMILES string of the molecule is N#Cc1ccc(C(=O)Nc2cc(Cl)ccc2C(=O)Nc2ccc(Cl)cn2)cc1. The van der Waals surface area contributed by atoms with Crippen LogP contribution in [0.1, 0.15) is 26.3 Å². The smallest absolute Gasteiger partial charge is 0.258 e. The third-order valence-electron chi connectivity index (χ3n) is 3.72. The van der Waals surface area contributed by atoms with Gasteiger partial charge in [0.15, 0.2) is 0 Å². The Labute approximate surface area is 170 Å². The maximum absolute atomic E-state index is 12.6. The van der Waals surface area contributed by atoms with E-state index in [-0.39, 0.29) is 11.3 Å². The van der Waals surface area contributed by atoms with Crippen LogP contribution in [0.5, 0.6) is 0 Å². The predicted molar refractivity (Wildman–Crippen MR) is 108 cm³/mol. The highest BCUT2D eigenvalue weighted by atomic mass is 35.5. The molecule has 0 saturated carbocycles. The molecule has 0 fully saturated rings. The van der Waals surface area contributed by atoms with Gasteiger partial charge in [0.1, 0.15) is 5.82 Å². The summed E-state index contributed by atoms with van der Waals surface area (Å²) in [6, 6.07) is 15.8. The second-order valence-corrected chi connectivity index (χ2v) is 6.52. The largest absolute Gasteiger partial charge is 0.321 e. The number of nitrogens with one attached hydrogen (secondary N) is 2. The van der Waals surface area contributed by atoms with Gasteiger partial charge in [-0.15, -0.1) is 0 Å². The molecule has 2 N–H and O–H groups in total. The maximum Gasteiger partial charge on any atom is 0.258 e. The number of hydrogen-bond acceptors (Lipinski definition) is 4. The van der Waals surface area contributed by atoms with Crippen LogP contribution in [0, 0.1) is 11.3 Å². The maximum atomic E-state index is 12.6. The zero-order valence-electron chi connectivity index (χ0n) is 14.2. The number of nitriles is 1. The van der Waals surface area contributed by atoms with Gasteiger partial charge in [-0.05, 0) is 54.6 Å². The Balaban J connectivity index is 1.83. The highest BCUT2D eigenvalue weighted by Gasteiger charge is 2.16. The van der Waals surface area contributed by atoms with E-state index in [1.54, 1.807) is 18.2 Å². The molecule has 0 unspecified atom stereocenters. The molecule has 8 heteroatoms. The van der Waals surface area contributed by atoms with Crippen LogP contribution in [0.25, 0.3) is 0 Å². The quantitative estimate of drug-likeness (QED) is 0.647. The lowest BCUT2D eigenvalue weighted by Crippen LogP contribution is -2.18. The zero-order chi connectivity index (χ0) is 20.1. The van der Waals surface area contributed by atoms with Crippen LogP contribution < -0.4 is 10.6 Å². The van der Waals surface area contributed by atoms with E-state index in [1.807, 2.05) is 6.07 Å². The molecule has 0 aliphatic heterocycles. The Bertz CT molecular complexity index is 1070. The summed E-state index contributed by atoms with van der Waals surface area (Å²) >= 11 is 11.8. The van der Waals surface area contributed by atoms with Crippen molar-refractivity contribution in [3.63, 3.8) is 0 Å². The summed E-state index contributed by atoms with van der Waals surface area (Å²) < 4.78 is 0. The lowest BCUT2D eigenvalue weighted by molar-refractivity contribution is 0.102. The molecule has 0 bridgehead atoms. The minimum atomic E-state index is -0.471. The number of halogens is 2. The third-order valence-corrected chi connectivity index (χ3v) is 4.18. The minimum Gasteiger partial charge on any atom is -0.321 e. The minimum absolute atomic E-state index is 0.211. The number of anilines is 2. The molecule has 0 aliphatic carbocycles. The van der Waals surface area contributed by atoms with Gasteiger partial charge in [-0.25, -0.2) is 4.98 Å². The molecule has 1 heterocycles. The molecule has 138 valence electrons. The summed E-state index contributed by atoms with van der Waals surface area (Å²) in [7, 11) is 0. The average molecular weight is 411 g/mol. The van der Waals surface area contributed by atoms with Crippen LogP contribution in [-0.2, 0) is 0 Å². The fourth-order valence-electron chi connectivity index (χ4n) is 2.34. The first-order valence-corrected chi connectivity index (χ1v) is 8.76. The highest BCUT2D eigenvalue weighted by Crippen LogP contribution is 2.23. The average Bonchev–Trinajstić information content (AvgIpc) is 2.69. The molecule has 0 aliphatic rings. The lowest BCUT2D eigenvalue weighted by Gasteiger charge is -2.12. The van der Waals surface area contributed by atoms with Crippen molar-refractivity contribution >= 4 is 46.5 Å². The summed E-state index contributed by atoms with van der Waals surface area (Å²) in [4.78, 5) is 29.1. The van der Waals surface area contributed by atoms with Crippen molar-refractivity contribution in [2.24, 2.45) is 0 Å². The molecular formula is C20H12Cl2N4O2. The summed E-state index contributed by atoms with van der Waals surface area (Å²) in [5.41, 5.74) is 1.23. The standard InChI is InChI=1S/C20H12Cl2N4O2/c21-14-5-7-16(20(28)26-18-8-6-15(22)11-24-18)17(9-14)25-19(27)13-3-1-12(10-23)2-4-13/h1-9,11H,(H,25,27)(H,24,26,28). The van der Waals surface area contributed by atoms with Gasteiger partial charge in [0.05, 0.1) is 27.9 Å². The first-order chi connectivity index (χ1) is 13.5. The first kappa shape index (κ1) is 19.4. The van der Waals surface area contributed by atoms with E-state index < -0.39 is 11.8 Å². The van der Waals surface area contributed by atoms with Crippen LogP contribution in [-0.4, -0.2) is 16.8 Å². The van der Waals surface area contributed by atoms with E-state index >= 15 is 0 Å². The number of nitrogens with zero attached hydrogens (tertiary/aromatic N) is 2. The number of carbonyl (C=O) groups is 2. The van der Waals surface area contributed by atoms with Crippen LogP contribution in [0.3, 0.4) is 0 Å². The Morgan fingerprint density at radius 2 is 1.61 bits per heavy atom. The number of hydrogen-bond donors (Lipinski definition) is 2. The molecule has 0 spiro atoms. The van der Waals surface area contributed by atoms with E-state index in [0.29, 0.717) is 27.0 Å². The lowest BCUT2D eigenvalue weighted by atomic mass is 10.1. The van der Waals surface area contributed by atoms with Crippen molar-refractivity contribution < 1.29 is 9.59 Å². The van der Waals surface area contributed by atoms with Gasteiger partial charge >= 0.3 is 0 Å². The molecule has 6 nitrogen and oxygen atoms in total. The highest BCUT2D eigenvalue weighted by molar-refractivity contribution is 6.31. The van der Waals surface area contributed by atoms with E-state index in [9.17, 15) is 9.59 Å². The van der Waals surface area contributed by atoms with Gasteiger partial charge in [-0.1, -0.05) is 23.2 Å². The third kappa shape index (κ3) is 4.65. The van der Waals surface area contributed by atoms with Crippen molar-refractivity contribution in [1.82, 2.24) is 4.98 Å². The fraction of sp³-hybridized carbons (Fsp3) is 0. The predicted octanol–water partition coefficient (Wildman–Crippen LogP) is 4.76. The van der Waals surface area contributed by atoms with Gasteiger partial charge in [0, 0.05) is 16.8 Å². The van der Waals surface area contributed by atoms with Crippen molar-refractivity contribution in [3.05, 3.63) is 87.5 Å². The summed E-state index contributed by atoms with van der Waals surface area (Å²) in [6.45, 7) is 0. The topological polar surface area (TPSA) is 94.9 Å². The van der Waals surface area contributed by atoms with Crippen molar-refractivity contribution in [2.75, 3.05) is 10.6 Å². The zero-order valence-corrected chi connectivity index (χ0v) is 15.8. The molecule has 2 aromatic carbocycles. The second kappa shape index (κ2) is 8.53. The summed E-state index contributed by atoms with van der Waals surface area (Å²) in [6.07, 6.45) is 1.41. The molecule has 3 rings (SSSR count). The molecule has 2 amide bonds. The number of pyridine rings is 1. The van der Waals surface area contributed by atoms with Gasteiger partial charge < -0.3 is 10.6 Å². The Hall–Kier alpha value is -3.40. The monoisotopic (exact) mass is 410 g/mol. The Morgan fingerprint density at radius 1 is 0.893 bits per heavy atom. The summed E-state index contributed by atoms with van der Waals surface area (Å²) in [5, 5.41) is 15.0. The number of aromatic nitrogens is 1. The molecule has 1 aromatic heterocycles. The molecule has 28 heavy (non-hydrogen) atoms. The molecule has 0 saturated heterocycles. The molecule has 0 radical (unpaired) electrons. The summed E-state index contributed by atoms with van der Waals surface area (Å²) in [5.74, 6) is -0.597. The van der Waals surface area contributed by atoms with Crippen molar-refractivity contribution in [3.8, 4) is 6.07 Å². The van der Waals surface area contributed by atoms with E-state index in [2.05, 4.69) is 15.6 Å². The Morgan fingerprint density at radius 3 is 2.25 bits per heavy atom. The molecule has 0 atom stereocenters. The molecule has 3 aromatic rings. The van der Waals surface area contributed by atoms with Crippen LogP contribution in [0.15, 0.2) is 60.8 Å². The number of amides is 2.